The van der Waals surface area contributed by atoms with Gasteiger partial charge in [-0.05, 0) is 12.1 Å². The summed E-state index contributed by atoms with van der Waals surface area (Å²) in [5.41, 5.74) is 0.305. The highest BCUT2D eigenvalue weighted by Gasteiger charge is 2.25. The van der Waals surface area contributed by atoms with Crippen molar-refractivity contribution in [3.8, 4) is 0 Å². The minimum Gasteiger partial charge on any atom is -0.297 e. The molecule has 1 aliphatic carbocycles. The number of benzene rings is 1. The second-order valence-corrected chi connectivity index (χ2v) is 5.86. The topological polar surface area (TPSA) is 84.3 Å². The molecule has 0 aliphatic heterocycles. The number of carbonyl (C=O) groups is 1. The lowest BCUT2D eigenvalue weighted by molar-refractivity contribution is 0.106. The minimum absolute atomic E-state index is 0.0681. The Morgan fingerprint density at radius 3 is 2.59 bits per heavy atom. The van der Waals surface area contributed by atoms with Crippen LogP contribution in [0.5, 0.6) is 0 Å². The summed E-state index contributed by atoms with van der Waals surface area (Å²) in [4.78, 5) is 11.6. The molecule has 0 aromatic heterocycles. The van der Waals surface area contributed by atoms with Crippen molar-refractivity contribution in [2.24, 2.45) is 0 Å². The van der Waals surface area contributed by atoms with E-state index in [4.69, 9.17) is 5.41 Å². The van der Waals surface area contributed by atoms with E-state index in [2.05, 4.69) is 2.51 Å². The van der Waals surface area contributed by atoms with E-state index in [0.717, 1.165) is 0 Å². The molecule has 17 heavy (non-hydrogen) atoms. The van der Waals surface area contributed by atoms with Gasteiger partial charge in [-0.25, -0.2) is 0 Å². The lowest BCUT2D eigenvalue weighted by Gasteiger charge is -2.13. The molecule has 0 saturated carbocycles. The van der Waals surface area contributed by atoms with Crippen LogP contribution in [-0.4, -0.2) is 19.9 Å². The van der Waals surface area contributed by atoms with Crippen LogP contribution in [0.15, 0.2) is 29.2 Å². The summed E-state index contributed by atoms with van der Waals surface area (Å²) in [6.07, 6.45) is 2.71. The fourth-order valence-corrected chi connectivity index (χ4v) is 2.89. The molecule has 0 fully saturated rings. The summed E-state index contributed by atoms with van der Waals surface area (Å²) in [5, 5.41) is 7.38. The highest BCUT2D eigenvalue weighted by molar-refractivity contribution is 14.1. The van der Waals surface area contributed by atoms with Crippen LogP contribution in [0.4, 0.5) is 0 Å². The zero-order valence-corrected chi connectivity index (χ0v) is 11.3. The van der Waals surface area contributed by atoms with Crippen LogP contribution < -0.4 is 0 Å². The third-order valence-electron chi connectivity index (χ3n) is 2.32. The molecule has 0 unspecified atom stereocenters. The Morgan fingerprint density at radius 1 is 1.24 bits per heavy atom. The number of Topliss-reactive ketones (excluding diaryl/α,β-unsaturated/α-hetero) is 1. The summed E-state index contributed by atoms with van der Waals surface area (Å²) in [7, 11) is -3.87. The van der Waals surface area contributed by atoms with Gasteiger partial charge in [-0.15, -0.1) is 0 Å². The van der Waals surface area contributed by atoms with Gasteiger partial charge in [-0.1, -0.05) is 18.2 Å². The zero-order chi connectivity index (χ0) is 12.6. The molecule has 1 aromatic rings. The van der Waals surface area contributed by atoms with Crippen LogP contribution in [0.2, 0.25) is 0 Å². The van der Waals surface area contributed by atoms with Gasteiger partial charge in [0.15, 0.2) is 0 Å². The number of nitrogens with one attached hydrogen (secondary N) is 1. The molecule has 0 amide bonds. The van der Waals surface area contributed by atoms with Gasteiger partial charge in [-0.3, -0.25) is 10.2 Å². The number of fused-ring (bicyclic) bond motifs is 1. The molecule has 1 aromatic carbocycles. The van der Waals surface area contributed by atoms with Crippen molar-refractivity contribution in [1.29, 1.82) is 5.41 Å². The van der Waals surface area contributed by atoms with Crippen LogP contribution in [0.25, 0.3) is 6.08 Å². The van der Waals surface area contributed by atoms with Crippen LogP contribution in [0.3, 0.4) is 0 Å². The molecule has 0 spiro atoms. The van der Waals surface area contributed by atoms with Crippen LogP contribution in [-0.2, 0) is 12.6 Å². The van der Waals surface area contributed by atoms with E-state index in [1.807, 2.05) is 0 Å². The second kappa shape index (κ2) is 4.31. The molecular formula is C10H6INO4S. The van der Waals surface area contributed by atoms with Crippen molar-refractivity contribution < 1.29 is 15.7 Å². The Hall–Kier alpha value is -1.06. The van der Waals surface area contributed by atoms with E-state index >= 15 is 0 Å². The monoisotopic (exact) mass is 363 g/mol. The third-order valence-corrected chi connectivity index (χ3v) is 4.81. The Bertz CT molecular complexity index is 648. The molecule has 1 aliphatic rings. The first kappa shape index (κ1) is 12.4. The predicted molar refractivity (Wildman–Crippen MR) is 69.8 cm³/mol. The van der Waals surface area contributed by atoms with Gasteiger partial charge in [0.25, 0.3) is 0 Å². The smallest absolute Gasteiger partial charge is 0.297 e. The predicted octanol–water partition coefficient (Wildman–Crippen LogP) is 1.97. The summed E-state index contributed by atoms with van der Waals surface area (Å²) >= 11 is 1.28. The Kier molecular flexibility index (Phi) is 3.15. The van der Waals surface area contributed by atoms with Gasteiger partial charge in [0.05, 0.1) is 0 Å². The van der Waals surface area contributed by atoms with Crippen molar-refractivity contribution >= 4 is 50.7 Å². The number of ketones is 1. The van der Waals surface area contributed by atoms with Crippen molar-refractivity contribution in [3.63, 3.8) is 0 Å². The van der Waals surface area contributed by atoms with Crippen molar-refractivity contribution in [1.82, 2.24) is 0 Å². The van der Waals surface area contributed by atoms with Gasteiger partial charge in [0.1, 0.15) is 33.6 Å². The second-order valence-electron chi connectivity index (χ2n) is 3.31. The number of hydrogen-bond donors (Lipinski definition) is 1. The van der Waals surface area contributed by atoms with Gasteiger partial charge in [0.2, 0.25) is 5.78 Å². The van der Waals surface area contributed by atoms with Crippen LogP contribution >= 0.6 is 23.0 Å². The van der Waals surface area contributed by atoms with E-state index in [1.54, 1.807) is 0 Å². The van der Waals surface area contributed by atoms with Crippen LogP contribution in [0, 0.1) is 5.41 Å². The van der Waals surface area contributed by atoms with Crippen molar-refractivity contribution in [2.75, 3.05) is 0 Å². The molecule has 0 heterocycles. The summed E-state index contributed by atoms with van der Waals surface area (Å²) in [6.45, 7) is 0. The van der Waals surface area contributed by atoms with Crippen molar-refractivity contribution in [3.05, 3.63) is 35.4 Å². The standard InChI is InChI=1S/C10H6INO4S/c11-16-17(14,15)9-3-1-2-7-6(9)4-5-8(12)10(7)13/h1-5,12H. The molecule has 0 atom stereocenters. The molecule has 88 valence electrons. The first-order chi connectivity index (χ1) is 7.97. The van der Waals surface area contributed by atoms with E-state index in [0.29, 0.717) is 0 Å². The Morgan fingerprint density at radius 2 is 1.94 bits per heavy atom. The molecular weight excluding hydrogens is 357 g/mol. The number of rotatable bonds is 2. The average molecular weight is 363 g/mol. The highest BCUT2D eigenvalue weighted by atomic mass is 127. The summed E-state index contributed by atoms with van der Waals surface area (Å²) in [6, 6.07) is 4.30. The molecule has 5 nitrogen and oxygen atoms in total. The molecule has 0 bridgehead atoms. The maximum Gasteiger partial charge on any atom is 0.306 e. The number of halogens is 1. The highest BCUT2D eigenvalue weighted by Crippen LogP contribution is 2.27. The molecule has 7 heteroatoms. The maximum atomic E-state index is 11.7. The Balaban J connectivity index is 2.75. The molecule has 0 saturated heterocycles. The van der Waals surface area contributed by atoms with E-state index in [-0.39, 0.29) is 21.7 Å². The van der Waals surface area contributed by atoms with Gasteiger partial charge < -0.3 is 0 Å². The molecule has 0 radical (unpaired) electrons. The SMILES string of the molecule is N=C1C=Cc2c(cccc2S(=O)(=O)OI)C1=O. The maximum absolute atomic E-state index is 11.7. The quantitative estimate of drug-likeness (QED) is 0.815. The van der Waals surface area contributed by atoms with E-state index in [9.17, 15) is 13.2 Å². The first-order valence-electron chi connectivity index (χ1n) is 4.47. The van der Waals surface area contributed by atoms with Gasteiger partial charge in [-0.2, -0.15) is 10.9 Å². The lowest BCUT2D eigenvalue weighted by atomic mass is 9.95. The fraction of sp³-hybridized carbons (Fsp3) is 0. The summed E-state index contributed by atoms with van der Waals surface area (Å²) < 4.78 is 27.7. The lowest BCUT2D eigenvalue weighted by Crippen LogP contribution is -2.17. The fourth-order valence-electron chi connectivity index (χ4n) is 1.55. The number of hydrogen-bond acceptors (Lipinski definition) is 5. The van der Waals surface area contributed by atoms with E-state index in [1.165, 1.54) is 53.4 Å². The zero-order valence-electron chi connectivity index (χ0n) is 8.31. The number of carbonyl (C=O) groups excluding carboxylic acids is 1. The third kappa shape index (κ3) is 2.05. The molecule has 1 N–H and O–H groups in total. The largest absolute Gasteiger partial charge is 0.306 e. The normalized spacial score (nSPS) is 14.9. The minimum atomic E-state index is -3.87. The Labute approximate surface area is 112 Å². The molecule has 2 rings (SSSR count). The average Bonchev–Trinajstić information content (AvgIpc) is 2.33. The van der Waals surface area contributed by atoms with Gasteiger partial charge in [0, 0.05) is 11.1 Å². The van der Waals surface area contributed by atoms with Gasteiger partial charge >= 0.3 is 10.1 Å². The van der Waals surface area contributed by atoms with E-state index < -0.39 is 15.9 Å². The summed E-state index contributed by atoms with van der Waals surface area (Å²) in [5.74, 6) is -0.493. The first-order valence-corrected chi connectivity index (χ1v) is 6.76. The number of allylic oxidation sites excluding steroid dienone is 1. The van der Waals surface area contributed by atoms with Crippen molar-refractivity contribution in [2.45, 2.75) is 4.90 Å². The van der Waals surface area contributed by atoms with Crippen LogP contribution in [0.1, 0.15) is 15.9 Å².